The minimum absolute atomic E-state index is 0.0979. The zero-order chi connectivity index (χ0) is 23.0. The predicted molar refractivity (Wildman–Crippen MR) is 120 cm³/mol. The van der Waals surface area contributed by atoms with Gasteiger partial charge in [-0.2, -0.15) is 0 Å². The van der Waals surface area contributed by atoms with Crippen LogP contribution in [0.25, 0.3) is 0 Å². The maximum atomic E-state index is 12.3. The van der Waals surface area contributed by atoms with Gasteiger partial charge in [-0.15, -0.1) is 0 Å². The lowest BCUT2D eigenvalue weighted by Crippen LogP contribution is -2.34. The van der Waals surface area contributed by atoms with E-state index in [-0.39, 0.29) is 17.7 Å². The maximum Gasteiger partial charge on any atom is 0.333 e. The molecule has 0 aromatic carbocycles. The Labute approximate surface area is 182 Å². The first kappa shape index (κ1) is 28.3. The minimum atomic E-state index is -3.22. The molecule has 174 valence electrons. The van der Waals surface area contributed by atoms with Crippen molar-refractivity contribution in [2.75, 3.05) is 32.1 Å². The molecular weight excluding hydrogens is 406 g/mol. The molecule has 0 heterocycles. The van der Waals surface area contributed by atoms with Gasteiger partial charge < -0.3 is 9.47 Å². The van der Waals surface area contributed by atoms with Gasteiger partial charge in [0.2, 0.25) is 10.0 Å². The van der Waals surface area contributed by atoms with Crippen LogP contribution in [0.2, 0.25) is 0 Å². The Balaban J connectivity index is 4.03. The standard InChI is InChI=1S/C22H39NO6S/c1-6-30(26,27)23(15-11-7-9-13-17-28-21(24)19(2)3)16-12-8-10-14-18-29-22(25)20(4)5/h2,4,6-18H2,1,3,5H3. The molecule has 7 nitrogen and oxygen atoms in total. The highest BCUT2D eigenvalue weighted by Gasteiger charge is 2.18. The summed E-state index contributed by atoms with van der Waals surface area (Å²) in [7, 11) is -3.22. The van der Waals surface area contributed by atoms with Crippen molar-refractivity contribution in [2.24, 2.45) is 0 Å². The molecule has 0 N–H and O–H groups in total. The molecular formula is C22H39NO6S. The van der Waals surface area contributed by atoms with Crippen LogP contribution in [0.3, 0.4) is 0 Å². The van der Waals surface area contributed by atoms with Crippen LogP contribution in [0.5, 0.6) is 0 Å². The minimum Gasteiger partial charge on any atom is -0.462 e. The van der Waals surface area contributed by atoms with Gasteiger partial charge in [0.1, 0.15) is 0 Å². The van der Waals surface area contributed by atoms with E-state index in [1.54, 1.807) is 25.1 Å². The second kappa shape index (κ2) is 16.1. The number of ether oxygens (including phenoxy) is 2. The molecule has 8 heteroatoms. The normalized spacial score (nSPS) is 11.3. The summed E-state index contributed by atoms with van der Waals surface area (Å²) in [5.74, 6) is -0.644. The van der Waals surface area contributed by atoms with Crippen molar-refractivity contribution < 1.29 is 27.5 Å². The molecule has 0 aliphatic rings. The third kappa shape index (κ3) is 13.5. The Kier molecular flexibility index (Phi) is 15.2. The van der Waals surface area contributed by atoms with Crippen molar-refractivity contribution in [2.45, 2.75) is 72.1 Å². The van der Waals surface area contributed by atoms with Gasteiger partial charge in [-0.3, -0.25) is 0 Å². The molecule has 0 spiro atoms. The van der Waals surface area contributed by atoms with Gasteiger partial charge in [0.25, 0.3) is 0 Å². The van der Waals surface area contributed by atoms with Crippen LogP contribution in [-0.4, -0.2) is 56.7 Å². The van der Waals surface area contributed by atoms with Gasteiger partial charge in [0, 0.05) is 24.2 Å². The quantitative estimate of drug-likeness (QED) is 0.180. The summed E-state index contributed by atoms with van der Waals surface area (Å²) in [6.07, 6.45) is 6.61. The van der Waals surface area contributed by atoms with Gasteiger partial charge in [0.15, 0.2) is 0 Å². The second-order valence-corrected chi connectivity index (χ2v) is 9.72. The summed E-state index contributed by atoms with van der Waals surface area (Å²) in [4.78, 5) is 22.6. The molecule has 0 aliphatic heterocycles. The third-order valence-corrected chi connectivity index (χ3v) is 6.41. The molecule has 0 atom stereocenters. The second-order valence-electron chi connectivity index (χ2n) is 7.46. The first-order chi connectivity index (χ1) is 14.1. The van der Waals surface area contributed by atoms with E-state index in [0.29, 0.717) is 37.4 Å². The molecule has 0 aromatic heterocycles. The fourth-order valence-corrected chi connectivity index (χ4v) is 3.82. The highest BCUT2D eigenvalue weighted by atomic mass is 32.2. The van der Waals surface area contributed by atoms with E-state index in [4.69, 9.17) is 9.47 Å². The Bertz CT molecular complexity index is 617. The van der Waals surface area contributed by atoms with Crippen LogP contribution in [0.4, 0.5) is 0 Å². The number of sulfonamides is 1. The molecule has 0 fully saturated rings. The third-order valence-electron chi connectivity index (χ3n) is 4.53. The Morgan fingerprint density at radius 2 is 1.10 bits per heavy atom. The van der Waals surface area contributed by atoms with Crippen molar-refractivity contribution in [3.63, 3.8) is 0 Å². The Morgan fingerprint density at radius 1 is 0.733 bits per heavy atom. The molecule has 0 bridgehead atoms. The molecule has 0 rings (SSSR count). The molecule has 0 saturated carbocycles. The topological polar surface area (TPSA) is 90.0 Å². The largest absolute Gasteiger partial charge is 0.462 e. The maximum absolute atomic E-state index is 12.3. The summed E-state index contributed by atoms with van der Waals surface area (Å²) in [5.41, 5.74) is 0.784. The summed E-state index contributed by atoms with van der Waals surface area (Å²) < 4.78 is 36.3. The number of hydrogen-bond donors (Lipinski definition) is 0. The first-order valence-corrected chi connectivity index (χ1v) is 12.4. The lowest BCUT2D eigenvalue weighted by Gasteiger charge is -2.21. The number of unbranched alkanes of at least 4 members (excludes halogenated alkanes) is 6. The smallest absolute Gasteiger partial charge is 0.333 e. The van der Waals surface area contributed by atoms with Crippen molar-refractivity contribution >= 4 is 22.0 Å². The van der Waals surface area contributed by atoms with Gasteiger partial charge in [-0.1, -0.05) is 38.8 Å². The van der Waals surface area contributed by atoms with Crippen LogP contribution in [-0.2, 0) is 29.1 Å². The Morgan fingerprint density at radius 3 is 1.43 bits per heavy atom. The van der Waals surface area contributed by atoms with Crippen LogP contribution < -0.4 is 0 Å². The van der Waals surface area contributed by atoms with Crippen molar-refractivity contribution in [3.05, 3.63) is 24.3 Å². The van der Waals surface area contributed by atoms with E-state index in [2.05, 4.69) is 13.2 Å². The number of hydrogen-bond acceptors (Lipinski definition) is 6. The van der Waals surface area contributed by atoms with E-state index >= 15 is 0 Å². The lowest BCUT2D eigenvalue weighted by molar-refractivity contribution is -0.139. The fraction of sp³-hybridized carbons (Fsp3) is 0.727. The summed E-state index contributed by atoms with van der Waals surface area (Å²) >= 11 is 0. The zero-order valence-corrected chi connectivity index (χ0v) is 19.7. The first-order valence-electron chi connectivity index (χ1n) is 10.7. The molecule has 30 heavy (non-hydrogen) atoms. The summed E-state index contributed by atoms with van der Waals surface area (Å²) in [6, 6.07) is 0. The van der Waals surface area contributed by atoms with Crippen LogP contribution >= 0.6 is 0 Å². The van der Waals surface area contributed by atoms with Crippen molar-refractivity contribution in [1.82, 2.24) is 4.31 Å². The highest BCUT2D eigenvalue weighted by molar-refractivity contribution is 7.89. The highest BCUT2D eigenvalue weighted by Crippen LogP contribution is 2.11. The average Bonchev–Trinajstić information content (AvgIpc) is 2.69. The fourth-order valence-electron chi connectivity index (χ4n) is 2.64. The van der Waals surface area contributed by atoms with E-state index in [1.165, 1.54) is 0 Å². The predicted octanol–water partition coefficient (Wildman–Crippen LogP) is 4.00. The average molecular weight is 446 g/mol. The summed E-state index contributed by atoms with van der Waals surface area (Å²) in [6.45, 7) is 13.7. The summed E-state index contributed by atoms with van der Waals surface area (Å²) in [5, 5.41) is 0. The van der Waals surface area contributed by atoms with E-state index in [1.807, 2.05) is 0 Å². The van der Waals surface area contributed by atoms with E-state index in [9.17, 15) is 18.0 Å². The van der Waals surface area contributed by atoms with Gasteiger partial charge >= 0.3 is 11.9 Å². The Hall–Kier alpha value is -1.67. The SMILES string of the molecule is C=C(C)C(=O)OCCCCCCN(CCCCCCOC(=O)C(=C)C)S(=O)(=O)CC. The molecule has 0 amide bonds. The molecule has 0 saturated heterocycles. The van der Waals surface area contributed by atoms with Crippen LogP contribution in [0, 0.1) is 0 Å². The molecule has 0 unspecified atom stereocenters. The van der Waals surface area contributed by atoms with Gasteiger partial charge in [0.05, 0.1) is 19.0 Å². The zero-order valence-electron chi connectivity index (χ0n) is 18.9. The van der Waals surface area contributed by atoms with Crippen molar-refractivity contribution in [1.29, 1.82) is 0 Å². The number of carbonyl (C=O) groups is 2. The number of rotatable bonds is 18. The van der Waals surface area contributed by atoms with Crippen molar-refractivity contribution in [3.8, 4) is 0 Å². The number of esters is 2. The molecule has 0 aromatic rings. The number of carbonyl (C=O) groups excluding carboxylic acids is 2. The van der Waals surface area contributed by atoms with Gasteiger partial charge in [-0.05, 0) is 46.5 Å². The number of nitrogens with zero attached hydrogens (tertiary/aromatic N) is 1. The molecule has 0 radical (unpaired) electrons. The van der Waals surface area contributed by atoms with E-state index < -0.39 is 10.0 Å². The van der Waals surface area contributed by atoms with Crippen LogP contribution in [0.15, 0.2) is 24.3 Å². The van der Waals surface area contributed by atoms with E-state index in [0.717, 1.165) is 51.4 Å². The van der Waals surface area contributed by atoms with Crippen LogP contribution in [0.1, 0.15) is 72.1 Å². The van der Waals surface area contributed by atoms with Gasteiger partial charge in [-0.25, -0.2) is 22.3 Å². The monoisotopic (exact) mass is 445 g/mol. The lowest BCUT2D eigenvalue weighted by atomic mass is 10.2. The molecule has 0 aliphatic carbocycles.